The summed E-state index contributed by atoms with van der Waals surface area (Å²) < 4.78 is 5.49. The fourth-order valence-corrected chi connectivity index (χ4v) is 5.99. The van der Waals surface area contributed by atoms with Crippen LogP contribution in [0.3, 0.4) is 0 Å². The predicted octanol–water partition coefficient (Wildman–Crippen LogP) is 4.64. The van der Waals surface area contributed by atoms with Crippen molar-refractivity contribution < 1.29 is 14.6 Å². The van der Waals surface area contributed by atoms with Crippen LogP contribution in [0.2, 0.25) is 0 Å². The van der Waals surface area contributed by atoms with Gasteiger partial charge < -0.3 is 20.1 Å². The van der Waals surface area contributed by atoms with E-state index >= 15 is 0 Å². The Hall–Kier alpha value is -2.57. The summed E-state index contributed by atoms with van der Waals surface area (Å²) in [5.74, 6) is 2.10. The van der Waals surface area contributed by atoms with E-state index in [0.29, 0.717) is 24.8 Å². The lowest BCUT2D eigenvalue weighted by Gasteiger charge is -2.46. The largest absolute Gasteiger partial charge is 0.508 e. The zero-order valence-electron chi connectivity index (χ0n) is 23.4. The molecule has 0 radical (unpaired) electrons. The lowest BCUT2D eigenvalue weighted by Crippen LogP contribution is -2.62. The number of carbonyl (C=O) groups excluding carboxylic acids is 1. The Morgan fingerprint density at radius 2 is 2.03 bits per heavy atom. The third-order valence-electron chi connectivity index (χ3n) is 9.30. The molecule has 37 heavy (non-hydrogen) atoms. The van der Waals surface area contributed by atoms with Crippen LogP contribution < -0.4 is 15.4 Å². The van der Waals surface area contributed by atoms with Crippen LogP contribution in [0.4, 0.5) is 0 Å². The lowest BCUT2D eigenvalue weighted by atomic mass is 9.68. The van der Waals surface area contributed by atoms with Gasteiger partial charge in [0.2, 0.25) is 5.91 Å². The number of hydrogen-bond donors (Lipinski definition) is 3. The third-order valence-corrected chi connectivity index (χ3v) is 9.30. The SMILES string of the molecule is CC[C@H](C)[C@@H](CN1CC[C@](C)(c2cccc(OC)c2)[C@@H](C)C1)NC(=O)[C@@]1(C)Cc2ccc(O)cc2CN1. The normalized spacial score (nSPS) is 27.7. The van der Waals surface area contributed by atoms with E-state index in [0.717, 1.165) is 49.4 Å². The van der Waals surface area contributed by atoms with Gasteiger partial charge in [-0.05, 0) is 84.5 Å². The molecule has 0 aliphatic carbocycles. The van der Waals surface area contributed by atoms with Gasteiger partial charge in [-0.25, -0.2) is 0 Å². The van der Waals surface area contributed by atoms with Crippen LogP contribution in [0.25, 0.3) is 0 Å². The molecule has 0 spiro atoms. The van der Waals surface area contributed by atoms with Gasteiger partial charge in [-0.1, -0.05) is 52.3 Å². The number of carbonyl (C=O) groups is 1. The van der Waals surface area contributed by atoms with Gasteiger partial charge in [0, 0.05) is 25.7 Å². The Morgan fingerprint density at radius 3 is 2.73 bits per heavy atom. The number of rotatable bonds is 8. The Balaban J connectivity index is 1.42. The Kier molecular flexibility index (Phi) is 8.20. The highest BCUT2D eigenvalue weighted by Crippen LogP contribution is 2.40. The zero-order chi connectivity index (χ0) is 26.8. The van der Waals surface area contributed by atoms with Crippen molar-refractivity contribution in [3.05, 3.63) is 59.2 Å². The number of ether oxygens (including phenoxy) is 1. The molecule has 3 N–H and O–H groups in total. The van der Waals surface area contributed by atoms with E-state index in [9.17, 15) is 9.90 Å². The molecule has 6 nitrogen and oxygen atoms in total. The maximum atomic E-state index is 13.6. The first kappa shape index (κ1) is 27.5. The Bertz CT molecular complexity index is 1100. The van der Waals surface area contributed by atoms with E-state index in [1.807, 2.05) is 19.1 Å². The first-order chi connectivity index (χ1) is 17.6. The van der Waals surface area contributed by atoms with Crippen molar-refractivity contribution >= 4 is 5.91 Å². The van der Waals surface area contributed by atoms with Crippen LogP contribution in [-0.4, -0.2) is 54.2 Å². The zero-order valence-corrected chi connectivity index (χ0v) is 23.4. The van der Waals surface area contributed by atoms with E-state index in [4.69, 9.17) is 4.74 Å². The highest BCUT2D eigenvalue weighted by Gasteiger charge is 2.41. The summed E-state index contributed by atoms with van der Waals surface area (Å²) in [6.45, 7) is 14.6. The second kappa shape index (κ2) is 11.0. The summed E-state index contributed by atoms with van der Waals surface area (Å²) in [7, 11) is 1.73. The minimum Gasteiger partial charge on any atom is -0.508 e. The van der Waals surface area contributed by atoms with E-state index in [-0.39, 0.29) is 23.1 Å². The number of fused-ring (bicyclic) bond motifs is 1. The molecule has 2 aromatic carbocycles. The maximum absolute atomic E-state index is 13.6. The van der Waals surface area contributed by atoms with Gasteiger partial charge in [-0.15, -0.1) is 0 Å². The fraction of sp³-hybridized carbons (Fsp3) is 0.581. The number of aromatic hydroxyl groups is 1. The smallest absolute Gasteiger partial charge is 0.240 e. The van der Waals surface area contributed by atoms with Crippen molar-refractivity contribution in [3.63, 3.8) is 0 Å². The topological polar surface area (TPSA) is 73.8 Å². The molecular formula is C31H45N3O3. The van der Waals surface area contributed by atoms with Gasteiger partial charge in [-0.2, -0.15) is 0 Å². The average Bonchev–Trinajstić information content (AvgIpc) is 2.90. The molecular weight excluding hydrogens is 462 g/mol. The molecule has 1 amide bonds. The van der Waals surface area contributed by atoms with Gasteiger partial charge >= 0.3 is 0 Å². The first-order valence-electron chi connectivity index (χ1n) is 13.8. The fourth-order valence-electron chi connectivity index (χ4n) is 5.99. The predicted molar refractivity (Wildman–Crippen MR) is 149 cm³/mol. The van der Waals surface area contributed by atoms with E-state index < -0.39 is 5.54 Å². The van der Waals surface area contributed by atoms with Crippen LogP contribution in [0.5, 0.6) is 11.5 Å². The van der Waals surface area contributed by atoms with Gasteiger partial charge in [0.05, 0.1) is 12.6 Å². The minimum absolute atomic E-state index is 0.0581. The van der Waals surface area contributed by atoms with E-state index in [1.54, 1.807) is 19.2 Å². The summed E-state index contributed by atoms with van der Waals surface area (Å²) in [5, 5.41) is 16.7. The van der Waals surface area contributed by atoms with Crippen molar-refractivity contribution in [1.82, 2.24) is 15.5 Å². The number of nitrogens with zero attached hydrogens (tertiary/aromatic N) is 1. The van der Waals surface area contributed by atoms with Crippen molar-refractivity contribution in [2.75, 3.05) is 26.7 Å². The molecule has 2 heterocycles. The molecule has 4 rings (SSSR count). The number of phenolic OH excluding ortho intramolecular Hbond substituents is 1. The van der Waals surface area contributed by atoms with E-state index in [2.05, 4.69) is 61.4 Å². The number of amides is 1. The van der Waals surface area contributed by atoms with Crippen LogP contribution in [0, 0.1) is 11.8 Å². The van der Waals surface area contributed by atoms with Gasteiger partial charge in [0.15, 0.2) is 0 Å². The standard InChI is InChI=1S/C31H45N3O3/c1-7-21(2)28(33-29(36)31(5)17-23-11-12-26(35)15-24(23)18-32-31)20-34-14-13-30(4,22(3)19-34)25-9-8-10-27(16-25)37-6/h8-12,15-16,21-22,28,32,35H,7,13-14,17-20H2,1-6H3,(H,33,36)/t21-,22-,28+,30-,31+/m0/s1. The summed E-state index contributed by atoms with van der Waals surface area (Å²) in [4.78, 5) is 16.2. The molecule has 0 unspecified atom stereocenters. The molecule has 1 saturated heterocycles. The summed E-state index contributed by atoms with van der Waals surface area (Å²) in [5.41, 5.74) is 2.95. The quantitative estimate of drug-likeness (QED) is 0.486. The molecule has 0 saturated carbocycles. The van der Waals surface area contributed by atoms with Crippen molar-refractivity contribution in [2.45, 2.75) is 77.4 Å². The van der Waals surface area contributed by atoms with Crippen LogP contribution >= 0.6 is 0 Å². The number of methoxy groups -OCH3 is 1. The van der Waals surface area contributed by atoms with Crippen LogP contribution in [-0.2, 0) is 23.2 Å². The van der Waals surface area contributed by atoms with Crippen molar-refractivity contribution in [2.24, 2.45) is 11.8 Å². The number of benzene rings is 2. The monoisotopic (exact) mass is 507 g/mol. The van der Waals surface area contributed by atoms with Crippen LogP contribution in [0.15, 0.2) is 42.5 Å². The molecule has 6 heteroatoms. The molecule has 1 fully saturated rings. The number of likely N-dealkylation sites (tertiary alicyclic amines) is 1. The Labute approximate surface area is 222 Å². The molecule has 2 aliphatic heterocycles. The minimum atomic E-state index is -0.671. The van der Waals surface area contributed by atoms with Crippen molar-refractivity contribution in [1.29, 1.82) is 0 Å². The van der Waals surface area contributed by atoms with Crippen molar-refractivity contribution in [3.8, 4) is 11.5 Å². The molecule has 0 aromatic heterocycles. The second-order valence-corrected chi connectivity index (χ2v) is 11.8. The number of piperidine rings is 1. The lowest BCUT2D eigenvalue weighted by molar-refractivity contribution is -0.128. The van der Waals surface area contributed by atoms with Gasteiger partial charge in [0.25, 0.3) is 0 Å². The number of phenols is 1. The number of nitrogens with one attached hydrogen (secondary N) is 2. The van der Waals surface area contributed by atoms with Gasteiger partial charge in [-0.3, -0.25) is 10.1 Å². The van der Waals surface area contributed by atoms with E-state index in [1.165, 1.54) is 5.56 Å². The second-order valence-electron chi connectivity index (χ2n) is 11.8. The third kappa shape index (κ3) is 5.80. The average molecular weight is 508 g/mol. The summed E-state index contributed by atoms with van der Waals surface area (Å²) >= 11 is 0. The summed E-state index contributed by atoms with van der Waals surface area (Å²) in [6.07, 6.45) is 2.70. The molecule has 202 valence electrons. The highest BCUT2D eigenvalue weighted by atomic mass is 16.5. The molecule has 0 bridgehead atoms. The number of hydrogen-bond acceptors (Lipinski definition) is 5. The Morgan fingerprint density at radius 1 is 1.24 bits per heavy atom. The first-order valence-corrected chi connectivity index (χ1v) is 13.8. The molecule has 2 aromatic rings. The maximum Gasteiger partial charge on any atom is 0.240 e. The molecule has 5 atom stereocenters. The highest BCUT2D eigenvalue weighted by molar-refractivity contribution is 5.87. The van der Waals surface area contributed by atoms with Crippen LogP contribution in [0.1, 0.15) is 64.2 Å². The summed E-state index contributed by atoms with van der Waals surface area (Å²) in [6, 6.07) is 14.0. The molecule has 2 aliphatic rings. The van der Waals surface area contributed by atoms with Gasteiger partial charge in [0.1, 0.15) is 11.5 Å².